The number of aromatic nitrogens is 2. The molecule has 3 heterocycles. The molecule has 68 valence electrons. The summed E-state index contributed by atoms with van der Waals surface area (Å²) in [6.45, 7) is 2.17. The van der Waals surface area contributed by atoms with Crippen LogP contribution in [0.15, 0.2) is 11.6 Å². The second kappa shape index (κ2) is 2.56. The first kappa shape index (κ1) is 7.53. The van der Waals surface area contributed by atoms with Crippen molar-refractivity contribution in [2.24, 2.45) is 0 Å². The Morgan fingerprint density at radius 2 is 2.46 bits per heavy atom. The second-order valence-corrected chi connectivity index (χ2v) is 4.42. The first-order chi connectivity index (χ1) is 6.34. The van der Waals surface area contributed by atoms with E-state index >= 15 is 0 Å². The average Bonchev–Trinajstić information content (AvgIpc) is 2.64. The number of imidazole rings is 1. The van der Waals surface area contributed by atoms with Crippen LogP contribution in [0, 0.1) is 0 Å². The van der Waals surface area contributed by atoms with Gasteiger partial charge in [0.05, 0.1) is 11.4 Å². The molecular weight excluding hydrogens is 182 g/mol. The Morgan fingerprint density at radius 1 is 1.54 bits per heavy atom. The lowest BCUT2D eigenvalue weighted by Crippen LogP contribution is -2.27. The lowest BCUT2D eigenvalue weighted by molar-refractivity contribution is 0.306. The molecule has 0 aromatic carbocycles. The van der Waals surface area contributed by atoms with Gasteiger partial charge in [0.2, 0.25) is 0 Å². The third kappa shape index (κ3) is 1.02. The third-order valence-electron chi connectivity index (χ3n) is 2.59. The summed E-state index contributed by atoms with van der Waals surface area (Å²) >= 11 is 1.72. The Balaban J connectivity index is 2.24. The first-order valence-electron chi connectivity index (χ1n) is 4.46. The van der Waals surface area contributed by atoms with Crippen LogP contribution < -0.4 is 0 Å². The van der Waals surface area contributed by atoms with Crippen LogP contribution in [-0.4, -0.2) is 27.9 Å². The largest absolute Gasteiger partial charge is 0.300 e. The molecule has 13 heavy (non-hydrogen) atoms. The topological polar surface area (TPSA) is 20.5 Å². The molecular formula is C9H11N3S. The van der Waals surface area contributed by atoms with E-state index in [0.29, 0.717) is 0 Å². The maximum absolute atomic E-state index is 4.60. The third-order valence-corrected chi connectivity index (χ3v) is 3.35. The summed E-state index contributed by atoms with van der Waals surface area (Å²) < 4.78 is 2.22. The molecule has 0 spiro atoms. The summed E-state index contributed by atoms with van der Waals surface area (Å²) in [5.41, 5.74) is 2.68. The van der Waals surface area contributed by atoms with Gasteiger partial charge >= 0.3 is 0 Å². The Hall–Kier alpha value is -0.870. The molecule has 2 aromatic rings. The summed E-state index contributed by atoms with van der Waals surface area (Å²) in [7, 11) is 2.16. The van der Waals surface area contributed by atoms with Crippen LogP contribution in [0.25, 0.3) is 4.96 Å². The molecule has 1 aliphatic heterocycles. The Bertz CT molecular complexity index is 443. The minimum atomic E-state index is 1.03. The highest BCUT2D eigenvalue weighted by Gasteiger charge is 2.18. The Labute approximate surface area is 80.6 Å². The molecule has 0 saturated carbocycles. The van der Waals surface area contributed by atoms with Crippen LogP contribution in [0.5, 0.6) is 0 Å². The van der Waals surface area contributed by atoms with Crippen molar-refractivity contribution in [3.05, 3.63) is 23.0 Å². The maximum Gasteiger partial charge on any atom is 0.194 e. The normalized spacial score (nSPS) is 17.9. The van der Waals surface area contributed by atoms with Crippen molar-refractivity contribution in [3.63, 3.8) is 0 Å². The van der Waals surface area contributed by atoms with Gasteiger partial charge in [-0.2, -0.15) is 0 Å². The van der Waals surface area contributed by atoms with E-state index in [1.807, 2.05) is 0 Å². The Kier molecular flexibility index (Phi) is 1.48. The van der Waals surface area contributed by atoms with E-state index < -0.39 is 0 Å². The monoisotopic (exact) mass is 193 g/mol. The smallest absolute Gasteiger partial charge is 0.194 e. The predicted molar refractivity (Wildman–Crippen MR) is 53.1 cm³/mol. The van der Waals surface area contributed by atoms with Gasteiger partial charge in [-0.3, -0.25) is 4.40 Å². The number of likely N-dealkylation sites (N-methyl/N-ethyl adjacent to an activating group) is 1. The molecule has 4 heteroatoms. The van der Waals surface area contributed by atoms with Gasteiger partial charge in [0.15, 0.2) is 4.96 Å². The fourth-order valence-electron chi connectivity index (χ4n) is 1.88. The van der Waals surface area contributed by atoms with Crippen molar-refractivity contribution in [3.8, 4) is 0 Å². The highest BCUT2D eigenvalue weighted by Crippen LogP contribution is 2.21. The summed E-state index contributed by atoms with van der Waals surface area (Å²) in [4.78, 5) is 8.08. The number of thiazole rings is 1. The summed E-state index contributed by atoms with van der Waals surface area (Å²) in [5.74, 6) is 0. The molecule has 3 nitrogen and oxygen atoms in total. The van der Waals surface area contributed by atoms with Crippen molar-refractivity contribution in [1.82, 2.24) is 14.3 Å². The molecule has 0 radical (unpaired) electrons. The van der Waals surface area contributed by atoms with E-state index in [4.69, 9.17) is 0 Å². The quantitative estimate of drug-likeness (QED) is 0.630. The predicted octanol–water partition coefficient (Wildman–Crippen LogP) is 1.38. The minimum absolute atomic E-state index is 1.03. The van der Waals surface area contributed by atoms with Crippen LogP contribution in [0.4, 0.5) is 0 Å². The second-order valence-electron chi connectivity index (χ2n) is 3.55. The lowest BCUT2D eigenvalue weighted by Gasteiger charge is -2.21. The van der Waals surface area contributed by atoms with Gasteiger partial charge in [-0.15, -0.1) is 11.3 Å². The molecule has 1 aliphatic rings. The standard InChI is InChI=1S/C9H11N3S/c1-11-3-2-7-8(6-11)12-4-5-13-9(12)10-7/h4-5H,2-3,6H2,1H3. The molecule has 0 amide bonds. The average molecular weight is 193 g/mol. The van der Waals surface area contributed by atoms with Crippen molar-refractivity contribution >= 4 is 16.3 Å². The van der Waals surface area contributed by atoms with Crippen LogP contribution >= 0.6 is 11.3 Å². The summed E-state index contributed by atoms with van der Waals surface area (Å²) in [5, 5.41) is 2.09. The first-order valence-corrected chi connectivity index (χ1v) is 5.34. The van der Waals surface area contributed by atoms with E-state index in [1.165, 1.54) is 11.4 Å². The molecule has 2 aromatic heterocycles. The summed E-state index contributed by atoms with van der Waals surface area (Å²) in [6.07, 6.45) is 3.21. The zero-order chi connectivity index (χ0) is 8.84. The lowest BCUT2D eigenvalue weighted by atomic mass is 10.1. The van der Waals surface area contributed by atoms with E-state index in [2.05, 4.69) is 32.9 Å². The van der Waals surface area contributed by atoms with E-state index in [-0.39, 0.29) is 0 Å². The number of hydrogen-bond donors (Lipinski definition) is 0. The molecule has 3 rings (SSSR count). The zero-order valence-electron chi connectivity index (χ0n) is 7.53. The van der Waals surface area contributed by atoms with Gasteiger partial charge in [-0.25, -0.2) is 4.98 Å². The number of hydrogen-bond acceptors (Lipinski definition) is 3. The van der Waals surface area contributed by atoms with Crippen LogP contribution in [0.2, 0.25) is 0 Å². The van der Waals surface area contributed by atoms with Gasteiger partial charge in [0, 0.05) is 31.1 Å². The van der Waals surface area contributed by atoms with E-state index in [9.17, 15) is 0 Å². The molecule has 0 unspecified atom stereocenters. The summed E-state index contributed by atoms with van der Waals surface area (Å²) in [6, 6.07) is 0. The fraction of sp³-hybridized carbons (Fsp3) is 0.444. The minimum Gasteiger partial charge on any atom is -0.300 e. The number of fused-ring (bicyclic) bond motifs is 3. The van der Waals surface area contributed by atoms with Gasteiger partial charge in [0.1, 0.15) is 0 Å². The van der Waals surface area contributed by atoms with Gasteiger partial charge in [0.25, 0.3) is 0 Å². The Morgan fingerprint density at radius 3 is 3.38 bits per heavy atom. The van der Waals surface area contributed by atoms with E-state index in [1.54, 1.807) is 11.3 Å². The molecule has 0 N–H and O–H groups in total. The molecule has 0 saturated heterocycles. The molecule has 0 aliphatic carbocycles. The highest BCUT2D eigenvalue weighted by molar-refractivity contribution is 7.15. The molecule has 0 bridgehead atoms. The number of rotatable bonds is 0. The highest BCUT2D eigenvalue weighted by atomic mass is 32.1. The zero-order valence-corrected chi connectivity index (χ0v) is 8.34. The van der Waals surface area contributed by atoms with Crippen molar-refractivity contribution in [2.45, 2.75) is 13.0 Å². The SMILES string of the molecule is CN1CCc2nc3sccn3c2C1. The van der Waals surface area contributed by atoms with Crippen molar-refractivity contribution in [1.29, 1.82) is 0 Å². The molecule has 0 atom stereocenters. The van der Waals surface area contributed by atoms with Gasteiger partial charge in [-0.05, 0) is 7.05 Å². The van der Waals surface area contributed by atoms with Crippen molar-refractivity contribution < 1.29 is 0 Å². The van der Waals surface area contributed by atoms with Crippen LogP contribution in [0.3, 0.4) is 0 Å². The molecule has 0 fully saturated rings. The van der Waals surface area contributed by atoms with Crippen LogP contribution in [0.1, 0.15) is 11.4 Å². The number of nitrogens with zero attached hydrogens (tertiary/aromatic N) is 3. The maximum atomic E-state index is 4.60. The van der Waals surface area contributed by atoms with Crippen molar-refractivity contribution in [2.75, 3.05) is 13.6 Å². The van der Waals surface area contributed by atoms with E-state index in [0.717, 1.165) is 24.5 Å². The fourth-order valence-corrected chi connectivity index (χ4v) is 2.63. The van der Waals surface area contributed by atoms with Crippen LogP contribution in [-0.2, 0) is 13.0 Å². The van der Waals surface area contributed by atoms with Gasteiger partial charge < -0.3 is 4.90 Å². The van der Waals surface area contributed by atoms with Gasteiger partial charge in [-0.1, -0.05) is 0 Å².